The van der Waals surface area contributed by atoms with Crippen LogP contribution in [0, 0.1) is 11.3 Å². The van der Waals surface area contributed by atoms with E-state index in [1.165, 1.54) is 0 Å². The maximum Gasteiger partial charge on any atom is 0.250 e. The monoisotopic (exact) mass is 365 g/mol. The van der Waals surface area contributed by atoms with Crippen molar-refractivity contribution in [1.82, 2.24) is 25.0 Å². The number of carbonyl (C=O) groups is 1. The number of hydrogen-bond acceptors (Lipinski definition) is 6. The zero-order chi connectivity index (χ0) is 18.7. The van der Waals surface area contributed by atoms with E-state index in [1.54, 1.807) is 24.5 Å². The molecule has 2 fully saturated rings. The van der Waals surface area contributed by atoms with Crippen LogP contribution in [-0.2, 0) is 10.3 Å². The van der Waals surface area contributed by atoms with Gasteiger partial charge in [0.2, 0.25) is 0 Å². The van der Waals surface area contributed by atoms with Gasteiger partial charge in [-0.3, -0.25) is 9.48 Å². The summed E-state index contributed by atoms with van der Waals surface area (Å²) in [5, 5.41) is 16.8. The first-order valence-electron chi connectivity index (χ1n) is 9.34. The van der Waals surface area contributed by atoms with E-state index in [-0.39, 0.29) is 5.91 Å². The molecular formula is C19H23N7O. The Hall–Kier alpha value is -2.92. The van der Waals surface area contributed by atoms with Crippen molar-refractivity contribution in [3.05, 3.63) is 42.4 Å². The average molecular weight is 365 g/mol. The number of piperidine rings is 1. The Labute approximate surface area is 158 Å². The van der Waals surface area contributed by atoms with Gasteiger partial charge in [-0.25, -0.2) is 4.98 Å². The summed E-state index contributed by atoms with van der Waals surface area (Å²) in [5.41, 5.74) is 0.0152. The van der Waals surface area contributed by atoms with E-state index in [4.69, 9.17) is 5.26 Å². The topological polar surface area (TPSA) is 90.1 Å². The van der Waals surface area contributed by atoms with E-state index < -0.39 is 5.54 Å². The number of nitrogens with one attached hydrogen (secondary N) is 1. The standard InChI is InChI=1S/C19H23N7O/c20-15-16-2-6-22-17(14-16)24-10-12-25(13-11-24)18(27)19(3-7-21-8-4-19)26-9-1-5-23-26/h1-2,5-6,9,14,21H,3-4,7-8,10-13H2. The Balaban J connectivity index is 1.48. The van der Waals surface area contributed by atoms with Gasteiger partial charge in [-0.15, -0.1) is 0 Å². The number of hydrogen-bond donors (Lipinski definition) is 1. The fourth-order valence-corrected chi connectivity index (χ4v) is 4.00. The van der Waals surface area contributed by atoms with E-state index in [9.17, 15) is 4.79 Å². The molecule has 2 aliphatic heterocycles. The van der Waals surface area contributed by atoms with Crippen LogP contribution in [0.1, 0.15) is 18.4 Å². The highest BCUT2D eigenvalue weighted by molar-refractivity contribution is 5.85. The molecule has 1 amide bonds. The molecule has 0 atom stereocenters. The predicted molar refractivity (Wildman–Crippen MR) is 100 cm³/mol. The minimum Gasteiger partial charge on any atom is -0.353 e. The van der Waals surface area contributed by atoms with Crippen molar-refractivity contribution in [3.63, 3.8) is 0 Å². The van der Waals surface area contributed by atoms with Crippen LogP contribution in [0.3, 0.4) is 0 Å². The van der Waals surface area contributed by atoms with Gasteiger partial charge in [-0.2, -0.15) is 10.4 Å². The summed E-state index contributed by atoms with van der Waals surface area (Å²) in [7, 11) is 0. The molecule has 2 aromatic heterocycles. The van der Waals surface area contributed by atoms with Crippen LogP contribution in [0.5, 0.6) is 0 Å². The van der Waals surface area contributed by atoms with Gasteiger partial charge in [0, 0.05) is 44.8 Å². The molecule has 0 aromatic carbocycles. The summed E-state index contributed by atoms with van der Waals surface area (Å²) in [5.74, 6) is 0.955. The number of nitrogens with zero attached hydrogens (tertiary/aromatic N) is 6. The molecular weight excluding hydrogens is 342 g/mol. The third-order valence-electron chi connectivity index (χ3n) is 5.54. The molecule has 8 nitrogen and oxygen atoms in total. The third kappa shape index (κ3) is 3.26. The molecule has 1 N–H and O–H groups in total. The molecule has 0 radical (unpaired) electrons. The molecule has 2 saturated heterocycles. The second-order valence-electron chi connectivity index (χ2n) is 7.03. The fourth-order valence-electron chi connectivity index (χ4n) is 4.00. The Bertz CT molecular complexity index is 828. The van der Waals surface area contributed by atoms with Crippen molar-refractivity contribution >= 4 is 11.7 Å². The summed E-state index contributed by atoms with van der Waals surface area (Å²) in [4.78, 5) is 21.9. The van der Waals surface area contributed by atoms with E-state index in [0.29, 0.717) is 31.7 Å². The molecule has 8 heteroatoms. The van der Waals surface area contributed by atoms with Crippen LogP contribution in [0.25, 0.3) is 0 Å². The highest BCUT2D eigenvalue weighted by atomic mass is 16.2. The van der Waals surface area contributed by atoms with E-state index in [1.807, 2.05) is 21.8 Å². The highest BCUT2D eigenvalue weighted by Crippen LogP contribution is 2.30. The zero-order valence-electron chi connectivity index (χ0n) is 15.2. The maximum atomic E-state index is 13.5. The molecule has 140 valence electrons. The van der Waals surface area contributed by atoms with Gasteiger partial charge < -0.3 is 15.1 Å². The van der Waals surface area contributed by atoms with E-state index in [2.05, 4.69) is 26.4 Å². The number of anilines is 1. The van der Waals surface area contributed by atoms with Gasteiger partial charge in [0.05, 0.1) is 11.6 Å². The van der Waals surface area contributed by atoms with Crippen LogP contribution in [-0.4, -0.2) is 64.8 Å². The van der Waals surface area contributed by atoms with Gasteiger partial charge in [0.1, 0.15) is 11.4 Å². The molecule has 0 unspecified atom stereocenters. The van der Waals surface area contributed by atoms with Crippen molar-refractivity contribution in [2.24, 2.45) is 0 Å². The van der Waals surface area contributed by atoms with Crippen LogP contribution in [0.4, 0.5) is 5.82 Å². The Morgan fingerprint density at radius 1 is 1.19 bits per heavy atom. The quantitative estimate of drug-likeness (QED) is 0.856. The fraction of sp³-hybridized carbons (Fsp3) is 0.474. The molecule has 27 heavy (non-hydrogen) atoms. The SMILES string of the molecule is N#Cc1ccnc(N2CCN(C(=O)C3(n4cccn4)CCNCC3)CC2)c1. The normalized spacial score (nSPS) is 19.5. The van der Waals surface area contributed by atoms with E-state index >= 15 is 0 Å². The molecule has 0 bridgehead atoms. The number of amides is 1. The number of aromatic nitrogens is 3. The Morgan fingerprint density at radius 2 is 1.96 bits per heavy atom. The highest BCUT2D eigenvalue weighted by Gasteiger charge is 2.44. The first-order valence-corrected chi connectivity index (χ1v) is 9.34. The smallest absolute Gasteiger partial charge is 0.250 e. The number of rotatable bonds is 3. The Kier molecular flexibility index (Phi) is 4.77. The van der Waals surface area contributed by atoms with Crippen LogP contribution in [0.15, 0.2) is 36.8 Å². The zero-order valence-corrected chi connectivity index (χ0v) is 15.2. The lowest BCUT2D eigenvalue weighted by molar-refractivity contribution is -0.143. The lowest BCUT2D eigenvalue weighted by Crippen LogP contribution is -2.59. The second kappa shape index (κ2) is 7.37. The summed E-state index contributed by atoms with van der Waals surface area (Å²) in [6.45, 7) is 4.34. The molecule has 4 rings (SSSR count). The average Bonchev–Trinajstić information content (AvgIpc) is 3.29. The minimum absolute atomic E-state index is 0.158. The molecule has 0 aliphatic carbocycles. The molecule has 2 aromatic rings. The second-order valence-corrected chi connectivity index (χ2v) is 7.03. The predicted octanol–water partition coefficient (Wildman–Crippen LogP) is 0.577. The van der Waals surface area contributed by atoms with Crippen molar-refractivity contribution in [3.8, 4) is 6.07 Å². The van der Waals surface area contributed by atoms with Gasteiger partial charge in [-0.05, 0) is 44.1 Å². The largest absolute Gasteiger partial charge is 0.353 e. The van der Waals surface area contributed by atoms with Crippen LogP contribution in [0.2, 0.25) is 0 Å². The number of piperazine rings is 1. The summed E-state index contributed by atoms with van der Waals surface area (Å²) < 4.78 is 1.85. The van der Waals surface area contributed by atoms with Gasteiger partial charge in [0.15, 0.2) is 0 Å². The van der Waals surface area contributed by atoms with E-state index in [0.717, 1.165) is 31.7 Å². The van der Waals surface area contributed by atoms with Gasteiger partial charge in [0.25, 0.3) is 5.91 Å². The van der Waals surface area contributed by atoms with Gasteiger partial charge >= 0.3 is 0 Å². The van der Waals surface area contributed by atoms with Crippen molar-refractivity contribution in [2.75, 3.05) is 44.2 Å². The van der Waals surface area contributed by atoms with Crippen molar-refractivity contribution in [1.29, 1.82) is 5.26 Å². The summed E-state index contributed by atoms with van der Waals surface area (Å²) in [6, 6.07) is 7.53. The van der Waals surface area contributed by atoms with Crippen LogP contribution < -0.4 is 10.2 Å². The summed E-state index contributed by atoms with van der Waals surface area (Å²) in [6.07, 6.45) is 6.80. The van der Waals surface area contributed by atoms with Crippen molar-refractivity contribution in [2.45, 2.75) is 18.4 Å². The van der Waals surface area contributed by atoms with Crippen LogP contribution >= 0.6 is 0 Å². The lowest BCUT2D eigenvalue weighted by atomic mass is 9.86. The summed E-state index contributed by atoms with van der Waals surface area (Å²) >= 11 is 0. The number of nitriles is 1. The first kappa shape index (κ1) is 17.5. The lowest BCUT2D eigenvalue weighted by Gasteiger charge is -2.43. The first-order chi connectivity index (χ1) is 13.2. The number of pyridine rings is 1. The Morgan fingerprint density at radius 3 is 2.63 bits per heavy atom. The molecule has 0 spiro atoms. The van der Waals surface area contributed by atoms with Gasteiger partial charge in [-0.1, -0.05) is 0 Å². The maximum absolute atomic E-state index is 13.5. The number of carbonyl (C=O) groups excluding carboxylic acids is 1. The molecule has 2 aliphatic rings. The van der Waals surface area contributed by atoms with Crippen molar-refractivity contribution < 1.29 is 4.79 Å². The molecule has 4 heterocycles. The third-order valence-corrected chi connectivity index (χ3v) is 5.54. The molecule has 0 saturated carbocycles. The minimum atomic E-state index is -0.587.